The average Bonchev–Trinajstić information content (AvgIpc) is 2.54. The van der Waals surface area contributed by atoms with E-state index in [1.807, 2.05) is 6.07 Å². The lowest BCUT2D eigenvalue weighted by atomic mass is 10.2. The molecule has 80 valence electrons. The van der Waals surface area contributed by atoms with Crippen LogP contribution in [0, 0.1) is 0 Å². The maximum Gasteiger partial charge on any atom is 0.276 e. The van der Waals surface area contributed by atoms with Gasteiger partial charge >= 0.3 is 0 Å². The largest absolute Gasteiger partial charge is 0.276 e. The number of hydrogen-bond donors (Lipinski definition) is 1. The summed E-state index contributed by atoms with van der Waals surface area (Å²) in [5.41, 5.74) is 2.97. The van der Waals surface area contributed by atoms with E-state index in [4.69, 9.17) is 0 Å². The van der Waals surface area contributed by atoms with Crippen LogP contribution in [0.5, 0.6) is 0 Å². The molecule has 0 fully saturated rings. The number of carbonyl (C=O) groups excluding carboxylic acids is 2. The second-order valence-corrected chi connectivity index (χ2v) is 3.22. The molecule has 0 radical (unpaired) electrons. The summed E-state index contributed by atoms with van der Waals surface area (Å²) in [7, 11) is 0. The van der Waals surface area contributed by atoms with E-state index in [0.29, 0.717) is 5.56 Å². The number of allylic oxidation sites excluding steroid dienone is 2. The van der Waals surface area contributed by atoms with Crippen molar-refractivity contribution in [1.82, 2.24) is 10.4 Å². The summed E-state index contributed by atoms with van der Waals surface area (Å²) in [4.78, 5) is 23.1. The number of hydrazine groups is 1. The minimum absolute atomic E-state index is 0.270. The Morgan fingerprint density at radius 3 is 2.62 bits per heavy atom. The fourth-order valence-electron chi connectivity index (χ4n) is 1.31. The van der Waals surface area contributed by atoms with E-state index in [0.717, 1.165) is 5.01 Å². The Balaban J connectivity index is 2.20. The van der Waals surface area contributed by atoms with Crippen molar-refractivity contribution in [2.45, 2.75) is 0 Å². The maximum atomic E-state index is 11.9. The lowest BCUT2D eigenvalue weighted by Crippen LogP contribution is -2.41. The molecule has 4 nitrogen and oxygen atoms in total. The van der Waals surface area contributed by atoms with E-state index < -0.39 is 0 Å². The van der Waals surface area contributed by atoms with Crippen molar-refractivity contribution in [2.75, 3.05) is 0 Å². The highest BCUT2D eigenvalue weighted by Crippen LogP contribution is 2.04. The van der Waals surface area contributed by atoms with Gasteiger partial charge in [0.15, 0.2) is 0 Å². The van der Waals surface area contributed by atoms with Crippen molar-refractivity contribution in [3.63, 3.8) is 0 Å². The van der Waals surface area contributed by atoms with Gasteiger partial charge in [-0.3, -0.25) is 15.0 Å². The Bertz CT molecular complexity index is 463. The summed E-state index contributed by atoms with van der Waals surface area (Å²) in [5.74, 6) is -0.594. The lowest BCUT2D eigenvalue weighted by Gasteiger charge is -2.17. The molecule has 1 N–H and O–H groups in total. The van der Waals surface area contributed by atoms with Crippen LogP contribution < -0.4 is 5.43 Å². The van der Waals surface area contributed by atoms with Crippen molar-refractivity contribution in [1.29, 1.82) is 0 Å². The second kappa shape index (κ2) is 4.44. The molecule has 0 atom stereocenters. The maximum absolute atomic E-state index is 11.9. The van der Waals surface area contributed by atoms with Crippen LogP contribution in [0.15, 0.2) is 54.8 Å². The normalized spacial score (nSPS) is 14.5. The van der Waals surface area contributed by atoms with Crippen LogP contribution in [0.4, 0.5) is 0 Å². The van der Waals surface area contributed by atoms with Gasteiger partial charge < -0.3 is 0 Å². The van der Waals surface area contributed by atoms with Gasteiger partial charge in [0, 0.05) is 17.8 Å². The van der Waals surface area contributed by atoms with Gasteiger partial charge in [-0.1, -0.05) is 24.3 Å². The number of carbonyl (C=O) groups is 2. The molecule has 0 bridgehead atoms. The minimum Gasteiger partial charge on any atom is -0.268 e. The first kappa shape index (κ1) is 10.2. The van der Waals surface area contributed by atoms with Crippen LogP contribution >= 0.6 is 0 Å². The van der Waals surface area contributed by atoms with E-state index >= 15 is 0 Å². The van der Waals surface area contributed by atoms with Gasteiger partial charge in [-0.05, 0) is 18.2 Å². The van der Waals surface area contributed by atoms with Crippen LogP contribution in [0.1, 0.15) is 10.4 Å². The molecule has 1 aromatic rings. The van der Waals surface area contributed by atoms with Gasteiger partial charge in [-0.25, -0.2) is 5.01 Å². The SMILES string of the molecule is O=C1C=CC=CN(C(=O)c2ccccc2)N1. The van der Waals surface area contributed by atoms with Crippen LogP contribution in [-0.4, -0.2) is 16.8 Å². The fourth-order valence-corrected chi connectivity index (χ4v) is 1.31. The summed E-state index contributed by atoms with van der Waals surface area (Å²) in [5, 5.41) is 1.16. The molecule has 2 amide bonds. The number of amides is 2. The highest BCUT2D eigenvalue weighted by molar-refractivity contribution is 5.97. The first-order chi connectivity index (χ1) is 7.77. The van der Waals surface area contributed by atoms with E-state index in [-0.39, 0.29) is 11.8 Å². The molecule has 16 heavy (non-hydrogen) atoms. The number of benzene rings is 1. The third kappa shape index (κ3) is 2.17. The summed E-state index contributed by atoms with van der Waals surface area (Å²) >= 11 is 0. The first-order valence-electron chi connectivity index (χ1n) is 4.81. The molecule has 0 saturated carbocycles. The Kier molecular flexibility index (Phi) is 2.82. The molecule has 0 spiro atoms. The fraction of sp³-hybridized carbons (Fsp3) is 0. The molecule has 0 saturated heterocycles. The van der Waals surface area contributed by atoms with Gasteiger partial charge in [-0.2, -0.15) is 0 Å². The summed E-state index contributed by atoms with van der Waals surface area (Å²) in [6.45, 7) is 0. The van der Waals surface area contributed by atoms with Gasteiger partial charge in [0.05, 0.1) is 0 Å². The number of hydrogen-bond acceptors (Lipinski definition) is 2. The van der Waals surface area contributed by atoms with E-state index in [9.17, 15) is 9.59 Å². The number of nitrogens with one attached hydrogen (secondary N) is 1. The molecule has 4 heteroatoms. The quantitative estimate of drug-likeness (QED) is 0.764. The Morgan fingerprint density at radius 2 is 1.88 bits per heavy atom. The molecule has 0 unspecified atom stereocenters. The zero-order valence-electron chi connectivity index (χ0n) is 8.46. The molecule has 1 heterocycles. The van der Waals surface area contributed by atoms with Gasteiger partial charge in [0.25, 0.3) is 11.8 Å². The Morgan fingerprint density at radius 1 is 1.12 bits per heavy atom. The van der Waals surface area contributed by atoms with E-state index in [2.05, 4.69) is 5.43 Å². The zero-order valence-corrected chi connectivity index (χ0v) is 8.46. The van der Waals surface area contributed by atoms with Gasteiger partial charge in [-0.15, -0.1) is 0 Å². The molecular weight excluding hydrogens is 204 g/mol. The van der Waals surface area contributed by atoms with E-state index in [1.54, 1.807) is 36.4 Å². The smallest absolute Gasteiger partial charge is 0.268 e. The predicted octanol–water partition coefficient (Wildman–Crippen LogP) is 1.24. The summed E-state index contributed by atoms with van der Waals surface area (Å²) in [6.07, 6.45) is 6.07. The third-order valence-electron chi connectivity index (χ3n) is 2.06. The summed E-state index contributed by atoms with van der Waals surface area (Å²) in [6, 6.07) is 8.76. The van der Waals surface area contributed by atoms with Crippen LogP contribution in [0.2, 0.25) is 0 Å². The monoisotopic (exact) mass is 214 g/mol. The van der Waals surface area contributed by atoms with Gasteiger partial charge in [0.2, 0.25) is 0 Å². The molecule has 0 aromatic heterocycles. The Hall–Kier alpha value is -2.36. The third-order valence-corrected chi connectivity index (χ3v) is 2.06. The number of nitrogens with zero attached hydrogens (tertiary/aromatic N) is 1. The van der Waals surface area contributed by atoms with Crippen LogP contribution in [0.25, 0.3) is 0 Å². The van der Waals surface area contributed by atoms with Gasteiger partial charge in [0.1, 0.15) is 0 Å². The molecular formula is C12H10N2O2. The summed E-state index contributed by atoms with van der Waals surface area (Å²) < 4.78 is 0. The Labute approximate surface area is 92.8 Å². The second-order valence-electron chi connectivity index (χ2n) is 3.22. The first-order valence-corrected chi connectivity index (χ1v) is 4.81. The highest BCUT2D eigenvalue weighted by atomic mass is 16.2. The van der Waals surface area contributed by atoms with Crippen molar-refractivity contribution < 1.29 is 9.59 Å². The number of rotatable bonds is 1. The van der Waals surface area contributed by atoms with Crippen LogP contribution in [-0.2, 0) is 4.79 Å². The average molecular weight is 214 g/mol. The predicted molar refractivity (Wildman–Crippen MR) is 59.0 cm³/mol. The van der Waals surface area contributed by atoms with Crippen molar-refractivity contribution in [3.8, 4) is 0 Å². The standard InChI is InChI=1S/C12H10N2O2/c15-11-8-4-5-9-14(13-11)12(16)10-6-2-1-3-7-10/h1-9H,(H,13,15). The molecule has 1 aliphatic heterocycles. The van der Waals surface area contributed by atoms with Crippen molar-refractivity contribution in [2.24, 2.45) is 0 Å². The van der Waals surface area contributed by atoms with E-state index in [1.165, 1.54) is 12.3 Å². The van der Waals surface area contributed by atoms with Crippen LogP contribution in [0.3, 0.4) is 0 Å². The van der Waals surface area contributed by atoms with Crippen molar-refractivity contribution >= 4 is 11.8 Å². The van der Waals surface area contributed by atoms with Crippen molar-refractivity contribution in [3.05, 3.63) is 60.3 Å². The molecule has 1 aromatic carbocycles. The molecule has 0 aliphatic carbocycles. The molecule has 1 aliphatic rings. The zero-order chi connectivity index (χ0) is 11.4. The lowest BCUT2D eigenvalue weighted by molar-refractivity contribution is -0.119. The highest BCUT2D eigenvalue weighted by Gasteiger charge is 2.15. The topological polar surface area (TPSA) is 49.4 Å². The minimum atomic E-state index is -0.325. The molecule has 2 rings (SSSR count).